The van der Waals surface area contributed by atoms with Gasteiger partial charge in [-0.1, -0.05) is 37.6 Å². The van der Waals surface area contributed by atoms with E-state index in [4.69, 9.17) is 0 Å². The Balaban J connectivity index is 1.53. The number of benzene rings is 2. The van der Waals surface area contributed by atoms with Gasteiger partial charge in [-0.05, 0) is 66.6 Å². The molecule has 1 N–H and O–H groups in total. The molecule has 1 heterocycles. The van der Waals surface area contributed by atoms with E-state index in [0.717, 1.165) is 25.2 Å². The molecule has 0 saturated heterocycles. The molecule has 0 spiro atoms. The number of hydrogen-bond donors (Lipinski definition) is 1. The van der Waals surface area contributed by atoms with Crippen molar-refractivity contribution in [1.82, 2.24) is 4.90 Å². The van der Waals surface area contributed by atoms with E-state index in [0.29, 0.717) is 6.54 Å². The van der Waals surface area contributed by atoms with Crippen LogP contribution in [0.3, 0.4) is 0 Å². The van der Waals surface area contributed by atoms with Crippen LogP contribution >= 0.6 is 0 Å². The van der Waals surface area contributed by atoms with E-state index in [1.807, 2.05) is 12.1 Å². The molecule has 0 radical (unpaired) electrons. The van der Waals surface area contributed by atoms with Gasteiger partial charge >= 0.3 is 0 Å². The number of carbonyl (C=O) groups excluding carboxylic acids is 1. The zero-order valence-electron chi connectivity index (χ0n) is 15.6. The maximum absolute atomic E-state index is 12.4. The van der Waals surface area contributed by atoms with E-state index in [2.05, 4.69) is 55.3 Å². The summed E-state index contributed by atoms with van der Waals surface area (Å²) in [6, 6.07) is 12.8. The number of anilines is 1. The van der Waals surface area contributed by atoms with Crippen molar-refractivity contribution in [2.45, 2.75) is 53.1 Å². The Kier molecular flexibility index (Phi) is 5.54. The van der Waals surface area contributed by atoms with Crippen molar-refractivity contribution >= 4 is 11.6 Å². The molecule has 0 fully saturated rings. The number of nitrogens with zero attached hydrogens (tertiary/aromatic N) is 1. The predicted octanol–water partition coefficient (Wildman–Crippen LogP) is 4.60. The first-order valence-corrected chi connectivity index (χ1v) is 9.25. The topological polar surface area (TPSA) is 32.3 Å². The highest BCUT2D eigenvalue weighted by Crippen LogP contribution is 2.25. The summed E-state index contributed by atoms with van der Waals surface area (Å²) in [5.41, 5.74) is 7.59. The van der Waals surface area contributed by atoms with Crippen LogP contribution in [0.4, 0.5) is 5.69 Å². The van der Waals surface area contributed by atoms with Crippen LogP contribution in [0.15, 0.2) is 36.4 Å². The van der Waals surface area contributed by atoms with E-state index in [1.165, 1.54) is 40.7 Å². The van der Waals surface area contributed by atoms with Gasteiger partial charge in [0, 0.05) is 18.8 Å². The van der Waals surface area contributed by atoms with Crippen molar-refractivity contribution in [1.29, 1.82) is 0 Å². The van der Waals surface area contributed by atoms with Crippen LogP contribution in [0, 0.1) is 13.8 Å². The molecule has 3 nitrogen and oxygen atoms in total. The molecule has 3 rings (SSSR count). The van der Waals surface area contributed by atoms with Crippen molar-refractivity contribution in [3.63, 3.8) is 0 Å². The molecule has 3 heteroatoms. The zero-order valence-corrected chi connectivity index (χ0v) is 15.6. The summed E-state index contributed by atoms with van der Waals surface area (Å²) in [5, 5.41) is 3.02. The Hall–Kier alpha value is -2.13. The molecule has 0 aliphatic carbocycles. The van der Waals surface area contributed by atoms with E-state index in [1.54, 1.807) is 0 Å². The molecule has 0 bridgehead atoms. The highest BCUT2D eigenvalue weighted by Gasteiger charge is 2.21. The minimum atomic E-state index is 0.0579. The van der Waals surface area contributed by atoms with Gasteiger partial charge in [0.25, 0.3) is 0 Å². The first-order chi connectivity index (χ1) is 12.0. The molecule has 0 atom stereocenters. The smallest absolute Gasteiger partial charge is 0.238 e. The molecule has 2 aromatic carbocycles. The van der Waals surface area contributed by atoms with Crippen molar-refractivity contribution in [2.24, 2.45) is 0 Å². The Morgan fingerprint density at radius 2 is 1.64 bits per heavy atom. The number of aryl methyl sites for hydroxylation is 3. The van der Waals surface area contributed by atoms with Crippen molar-refractivity contribution in [2.75, 3.05) is 11.9 Å². The van der Waals surface area contributed by atoms with Crippen molar-refractivity contribution < 1.29 is 4.79 Å². The van der Waals surface area contributed by atoms with Crippen molar-refractivity contribution in [3.05, 3.63) is 64.2 Å². The Morgan fingerprint density at radius 1 is 1.04 bits per heavy atom. The molecule has 1 amide bonds. The quantitative estimate of drug-likeness (QED) is 0.836. The first kappa shape index (κ1) is 17.7. The normalized spacial score (nSPS) is 13.7. The summed E-state index contributed by atoms with van der Waals surface area (Å²) in [7, 11) is 0. The minimum absolute atomic E-state index is 0.0579. The van der Waals surface area contributed by atoms with Crippen LogP contribution in [0.25, 0.3) is 0 Å². The van der Waals surface area contributed by atoms with Crippen LogP contribution in [0.5, 0.6) is 0 Å². The summed E-state index contributed by atoms with van der Waals surface area (Å²) in [5.74, 6) is 0.0579. The Labute approximate surface area is 151 Å². The van der Waals surface area contributed by atoms with Gasteiger partial charge in [0.05, 0.1) is 6.54 Å². The maximum atomic E-state index is 12.4. The van der Waals surface area contributed by atoms with E-state index in [9.17, 15) is 4.79 Å². The van der Waals surface area contributed by atoms with Gasteiger partial charge < -0.3 is 5.32 Å². The number of rotatable bonds is 6. The second-order valence-corrected chi connectivity index (χ2v) is 7.20. The number of carbonyl (C=O) groups is 1. The summed E-state index contributed by atoms with van der Waals surface area (Å²) < 4.78 is 0. The highest BCUT2D eigenvalue weighted by atomic mass is 16.2. The van der Waals surface area contributed by atoms with E-state index in [-0.39, 0.29) is 5.91 Å². The molecule has 0 saturated carbocycles. The van der Waals surface area contributed by atoms with Crippen LogP contribution in [0.2, 0.25) is 0 Å². The number of hydrogen-bond acceptors (Lipinski definition) is 2. The van der Waals surface area contributed by atoms with Gasteiger partial charge in [-0.25, -0.2) is 0 Å². The molecule has 25 heavy (non-hydrogen) atoms. The molecular weight excluding hydrogens is 308 g/mol. The number of amides is 1. The second kappa shape index (κ2) is 7.83. The Bertz CT molecular complexity index is 718. The van der Waals surface area contributed by atoms with Gasteiger partial charge in [0.1, 0.15) is 0 Å². The third-order valence-electron chi connectivity index (χ3n) is 5.03. The van der Waals surface area contributed by atoms with E-state index < -0.39 is 0 Å². The standard InChI is InChI=1S/C22H28N2O/c1-4-5-6-18-7-9-21(10-8-18)23-22(25)15-24-13-19-11-16(2)17(3)12-20(19)14-24/h7-12H,4-6,13-15H2,1-3H3,(H,23,25). The average Bonchev–Trinajstić information content (AvgIpc) is 2.95. The van der Waals surface area contributed by atoms with Gasteiger partial charge in [-0.3, -0.25) is 9.69 Å². The molecule has 1 aliphatic rings. The van der Waals surface area contributed by atoms with Crippen molar-refractivity contribution in [3.8, 4) is 0 Å². The van der Waals surface area contributed by atoms with Gasteiger partial charge in [0.2, 0.25) is 5.91 Å². The lowest BCUT2D eigenvalue weighted by Crippen LogP contribution is -2.29. The predicted molar refractivity (Wildman–Crippen MR) is 104 cm³/mol. The van der Waals surface area contributed by atoms with Gasteiger partial charge in [0.15, 0.2) is 0 Å². The molecule has 1 aliphatic heterocycles. The molecule has 0 aromatic heterocycles. The molecule has 2 aromatic rings. The second-order valence-electron chi connectivity index (χ2n) is 7.20. The van der Waals surface area contributed by atoms with Crippen LogP contribution in [-0.2, 0) is 24.3 Å². The summed E-state index contributed by atoms with van der Waals surface area (Å²) in [6.07, 6.45) is 3.52. The number of fused-ring (bicyclic) bond motifs is 1. The van der Waals surface area contributed by atoms with Crippen LogP contribution < -0.4 is 5.32 Å². The SMILES string of the molecule is CCCCc1ccc(NC(=O)CN2Cc3cc(C)c(C)cc3C2)cc1. The summed E-state index contributed by atoms with van der Waals surface area (Å²) in [4.78, 5) is 14.6. The lowest BCUT2D eigenvalue weighted by atomic mass is 10.0. The Morgan fingerprint density at radius 3 is 2.20 bits per heavy atom. The fourth-order valence-corrected chi connectivity index (χ4v) is 3.42. The van der Waals surface area contributed by atoms with E-state index >= 15 is 0 Å². The fourth-order valence-electron chi connectivity index (χ4n) is 3.42. The third-order valence-corrected chi connectivity index (χ3v) is 5.03. The third kappa shape index (κ3) is 4.49. The fraction of sp³-hybridized carbons (Fsp3) is 0.409. The van der Waals surface area contributed by atoms with Crippen LogP contribution in [0.1, 0.15) is 47.6 Å². The number of nitrogens with one attached hydrogen (secondary N) is 1. The maximum Gasteiger partial charge on any atom is 0.238 e. The van der Waals surface area contributed by atoms with Crippen LogP contribution in [-0.4, -0.2) is 17.4 Å². The number of unbranched alkanes of at least 4 members (excludes halogenated alkanes) is 1. The summed E-state index contributed by atoms with van der Waals surface area (Å²) in [6.45, 7) is 8.65. The molecular formula is C22H28N2O. The lowest BCUT2D eigenvalue weighted by Gasteiger charge is -2.14. The summed E-state index contributed by atoms with van der Waals surface area (Å²) >= 11 is 0. The average molecular weight is 336 g/mol. The monoisotopic (exact) mass is 336 g/mol. The largest absolute Gasteiger partial charge is 0.325 e. The zero-order chi connectivity index (χ0) is 17.8. The molecule has 0 unspecified atom stereocenters. The lowest BCUT2D eigenvalue weighted by molar-refractivity contribution is -0.117. The minimum Gasteiger partial charge on any atom is -0.325 e. The van der Waals surface area contributed by atoms with Gasteiger partial charge in [-0.15, -0.1) is 0 Å². The first-order valence-electron chi connectivity index (χ1n) is 9.25. The molecule has 132 valence electrons. The highest BCUT2D eigenvalue weighted by molar-refractivity contribution is 5.92. The van der Waals surface area contributed by atoms with Gasteiger partial charge in [-0.2, -0.15) is 0 Å².